The second-order valence-corrected chi connectivity index (χ2v) is 7.60. The summed E-state index contributed by atoms with van der Waals surface area (Å²) in [6.45, 7) is 4.48. The van der Waals surface area contributed by atoms with Gasteiger partial charge < -0.3 is 35.5 Å². The van der Waals surface area contributed by atoms with Crippen LogP contribution in [0.2, 0.25) is 5.28 Å². The average Bonchev–Trinajstić information content (AvgIpc) is 3.07. The van der Waals surface area contributed by atoms with Crippen molar-refractivity contribution in [2.45, 2.75) is 32.5 Å². The predicted molar refractivity (Wildman–Crippen MR) is 117 cm³/mol. The number of fused-ring (bicyclic) bond motifs is 2. The number of alkyl carbamates (subject to hydrolysis) is 1. The monoisotopic (exact) mass is 448 g/mol. The van der Waals surface area contributed by atoms with E-state index in [0.29, 0.717) is 55.9 Å². The maximum absolute atomic E-state index is 12.0. The zero-order valence-corrected chi connectivity index (χ0v) is 17.9. The molecule has 2 aromatic rings. The van der Waals surface area contributed by atoms with Gasteiger partial charge in [-0.25, -0.2) is 4.79 Å². The third kappa shape index (κ3) is 4.96. The molecule has 11 heteroatoms. The van der Waals surface area contributed by atoms with Gasteiger partial charge in [-0.05, 0) is 49.1 Å². The highest BCUT2D eigenvalue weighted by molar-refractivity contribution is 6.28. The molecular weight excluding hydrogens is 424 g/mol. The Morgan fingerprint density at radius 3 is 2.97 bits per heavy atom. The van der Waals surface area contributed by atoms with Gasteiger partial charge >= 0.3 is 6.09 Å². The second kappa shape index (κ2) is 9.34. The summed E-state index contributed by atoms with van der Waals surface area (Å²) in [4.78, 5) is 22.3. The van der Waals surface area contributed by atoms with Crippen molar-refractivity contribution in [3.63, 3.8) is 0 Å². The van der Waals surface area contributed by atoms with Crippen LogP contribution in [0.3, 0.4) is 0 Å². The smallest absolute Gasteiger partial charge is 0.407 e. The van der Waals surface area contributed by atoms with Gasteiger partial charge in [-0.15, -0.1) is 0 Å². The first kappa shape index (κ1) is 21.1. The standard InChI is InChI=1S/C20H25ClN6O4/c1-12-24-16-17(22)25-19(21)26-18(16)27(12)6-2-3-7-31-20(28)23-11-13-4-5-14-15(10-13)30-9-8-29-14/h4-5,10,12,24H,2-3,6-9,11H2,1H3,(H,23,28)(H2,22,25,26). The Morgan fingerprint density at radius 1 is 1.32 bits per heavy atom. The Kier molecular flexibility index (Phi) is 6.36. The summed E-state index contributed by atoms with van der Waals surface area (Å²) in [7, 11) is 0. The van der Waals surface area contributed by atoms with Crippen molar-refractivity contribution in [3.05, 3.63) is 29.0 Å². The molecule has 2 aliphatic rings. The highest BCUT2D eigenvalue weighted by Gasteiger charge is 2.29. The van der Waals surface area contributed by atoms with Gasteiger partial charge in [0.2, 0.25) is 5.28 Å². The number of hydrogen-bond acceptors (Lipinski definition) is 9. The Bertz CT molecular complexity index is 960. The molecule has 1 aromatic carbocycles. The van der Waals surface area contributed by atoms with Crippen molar-refractivity contribution >= 4 is 35.0 Å². The molecule has 1 aromatic heterocycles. The van der Waals surface area contributed by atoms with Crippen LogP contribution >= 0.6 is 11.6 Å². The molecule has 0 aliphatic carbocycles. The predicted octanol–water partition coefficient (Wildman–Crippen LogP) is 2.77. The van der Waals surface area contributed by atoms with E-state index in [2.05, 4.69) is 25.5 Å². The number of nitrogen functional groups attached to an aromatic ring is 1. The molecule has 1 unspecified atom stereocenters. The molecule has 4 N–H and O–H groups in total. The normalized spacial score (nSPS) is 16.5. The number of benzene rings is 1. The molecule has 0 radical (unpaired) electrons. The number of nitrogens with zero attached hydrogens (tertiary/aromatic N) is 3. The molecule has 0 saturated carbocycles. The summed E-state index contributed by atoms with van der Waals surface area (Å²) in [6.07, 6.45) is 1.09. The number of aromatic nitrogens is 2. The number of nitrogens with one attached hydrogen (secondary N) is 2. The lowest BCUT2D eigenvalue weighted by atomic mass is 10.2. The summed E-state index contributed by atoms with van der Waals surface area (Å²) < 4.78 is 16.3. The van der Waals surface area contributed by atoms with Gasteiger partial charge in [0.05, 0.1) is 12.8 Å². The summed E-state index contributed by atoms with van der Waals surface area (Å²) in [5.74, 6) is 2.45. The van der Waals surface area contributed by atoms with Gasteiger partial charge in [0, 0.05) is 13.1 Å². The van der Waals surface area contributed by atoms with E-state index in [9.17, 15) is 4.79 Å². The minimum atomic E-state index is -0.455. The fourth-order valence-electron chi connectivity index (χ4n) is 3.53. The lowest BCUT2D eigenvalue weighted by Gasteiger charge is -2.22. The van der Waals surface area contributed by atoms with E-state index in [0.717, 1.165) is 24.3 Å². The van der Waals surface area contributed by atoms with E-state index < -0.39 is 6.09 Å². The van der Waals surface area contributed by atoms with E-state index in [1.54, 1.807) is 0 Å². The fraction of sp³-hybridized carbons (Fsp3) is 0.450. The number of halogens is 1. The Balaban J connectivity index is 1.17. The van der Waals surface area contributed by atoms with Crippen molar-refractivity contribution in [3.8, 4) is 11.5 Å². The third-order valence-corrected chi connectivity index (χ3v) is 5.22. The van der Waals surface area contributed by atoms with Crippen molar-refractivity contribution in [2.75, 3.05) is 42.3 Å². The number of unbranched alkanes of at least 4 members (excludes halogenated alkanes) is 1. The fourth-order valence-corrected chi connectivity index (χ4v) is 3.70. The third-order valence-electron chi connectivity index (χ3n) is 5.05. The number of hydrogen-bond donors (Lipinski definition) is 3. The number of carbonyl (C=O) groups excluding carboxylic acids is 1. The SMILES string of the molecule is CC1Nc2c(N)nc(Cl)nc2N1CCCCOC(=O)NCc1ccc2c(c1)OCCO2. The van der Waals surface area contributed by atoms with E-state index in [1.807, 2.05) is 25.1 Å². The van der Waals surface area contributed by atoms with Crippen LogP contribution in [0, 0.1) is 0 Å². The lowest BCUT2D eigenvalue weighted by Crippen LogP contribution is -2.34. The van der Waals surface area contributed by atoms with Crippen molar-refractivity contribution < 1.29 is 19.0 Å². The average molecular weight is 449 g/mol. The van der Waals surface area contributed by atoms with Crippen LogP contribution in [-0.4, -0.2) is 48.6 Å². The van der Waals surface area contributed by atoms with E-state index in [4.69, 9.17) is 31.5 Å². The minimum absolute atomic E-state index is 0.0280. The van der Waals surface area contributed by atoms with Crippen LogP contribution in [0.5, 0.6) is 11.5 Å². The number of ether oxygens (including phenoxy) is 3. The Labute approximate surface area is 185 Å². The van der Waals surface area contributed by atoms with Gasteiger partial charge in [0.15, 0.2) is 23.1 Å². The molecule has 2 aliphatic heterocycles. The summed E-state index contributed by atoms with van der Waals surface area (Å²) >= 11 is 5.93. The van der Waals surface area contributed by atoms with Crippen molar-refractivity contribution in [1.29, 1.82) is 0 Å². The Morgan fingerprint density at radius 2 is 2.13 bits per heavy atom. The number of anilines is 3. The summed E-state index contributed by atoms with van der Waals surface area (Å²) in [5, 5.41) is 6.13. The lowest BCUT2D eigenvalue weighted by molar-refractivity contribution is 0.143. The van der Waals surface area contributed by atoms with Crippen LogP contribution < -0.4 is 30.7 Å². The van der Waals surface area contributed by atoms with Crippen LogP contribution in [0.4, 0.5) is 22.1 Å². The molecule has 0 saturated heterocycles. The largest absolute Gasteiger partial charge is 0.486 e. The van der Waals surface area contributed by atoms with Gasteiger partial charge in [-0.2, -0.15) is 9.97 Å². The van der Waals surface area contributed by atoms with E-state index >= 15 is 0 Å². The van der Waals surface area contributed by atoms with Crippen LogP contribution in [-0.2, 0) is 11.3 Å². The molecule has 1 atom stereocenters. The molecule has 166 valence electrons. The maximum Gasteiger partial charge on any atom is 0.407 e. The number of amides is 1. The van der Waals surface area contributed by atoms with Crippen molar-refractivity contribution in [1.82, 2.24) is 15.3 Å². The molecule has 0 fully saturated rings. The van der Waals surface area contributed by atoms with E-state index in [-0.39, 0.29) is 11.4 Å². The highest BCUT2D eigenvalue weighted by atomic mass is 35.5. The minimum Gasteiger partial charge on any atom is -0.486 e. The molecule has 31 heavy (non-hydrogen) atoms. The first-order chi connectivity index (χ1) is 15.0. The molecular formula is C20H25ClN6O4. The van der Waals surface area contributed by atoms with Crippen molar-refractivity contribution in [2.24, 2.45) is 0 Å². The zero-order valence-electron chi connectivity index (χ0n) is 17.2. The van der Waals surface area contributed by atoms with Gasteiger partial charge in [-0.1, -0.05) is 6.07 Å². The zero-order chi connectivity index (χ0) is 21.8. The quantitative estimate of drug-likeness (QED) is 0.433. The van der Waals surface area contributed by atoms with Crippen LogP contribution in [0.1, 0.15) is 25.3 Å². The summed E-state index contributed by atoms with van der Waals surface area (Å²) in [5.41, 5.74) is 7.52. The molecule has 4 rings (SSSR count). The number of carbonyl (C=O) groups is 1. The topological polar surface area (TPSA) is 124 Å². The first-order valence-electron chi connectivity index (χ1n) is 10.2. The number of rotatable bonds is 7. The van der Waals surface area contributed by atoms with Crippen LogP contribution in [0.25, 0.3) is 0 Å². The van der Waals surface area contributed by atoms with Gasteiger partial charge in [0.1, 0.15) is 18.9 Å². The Hall–Kier alpha value is -3.14. The molecule has 10 nitrogen and oxygen atoms in total. The first-order valence-corrected chi connectivity index (χ1v) is 10.5. The number of nitrogens with two attached hydrogens (primary N) is 1. The van der Waals surface area contributed by atoms with Gasteiger partial charge in [0.25, 0.3) is 0 Å². The van der Waals surface area contributed by atoms with Gasteiger partial charge in [-0.3, -0.25) is 0 Å². The van der Waals surface area contributed by atoms with Crippen LogP contribution in [0.15, 0.2) is 18.2 Å². The highest BCUT2D eigenvalue weighted by Crippen LogP contribution is 2.37. The molecule has 0 bridgehead atoms. The second-order valence-electron chi connectivity index (χ2n) is 7.26. The van der Waals surface area contributed by atoms with E-state index in [1.165, 1.54) is 0 Å². The molecule has 3 heterocycles. The maximum atomic E-state index is 12.0. The summed E-state index contributed by atoms with van der Waals surface area (Å²) in [6, 6.07) is 5.59. The molecule has 1 amide bonds. The molecule has 0 spiro atoms.